The van der Waals surface area contributed by atoms with Gasteiger partial charge in [0.15, 0.2) is 0 Å². The van der Waals surface area contributed by atoms with Crippen LogP contribution in [0, 0.1) is 20.8 Å². The monoisotopic (exact) mass is 392 g/mol. The van der Waals surface area contributed by atoms with Crippen molar-refractivity contribution < 1.29 is 9.59 Å². The molecule has 0 aromatic heterocycles. The maximum absolute atomic E-state index is 12.3. The smallest absolute Gasteiger partial charge is 0.226 e. The van der Waals surface area contributed by atoms with Gasteiger partial charge in [-0.25, -0.2) is 0 Å². The number of hydrogen-bond donors (Lipinski definition) is 1. The number of hydrogen-bond acceptors (Lipinski definition) is 2. The lowest BCUT2D eigenvalue weighted by Gasteiger charge is -2.25. The minimum Gasteiger partial charge on any atom is -0.326 e. The summed E-state index contributed by atoms with van der Waals surface area (Å²) >= 11 is 11.9. The number of anilines is 2. The summed E-state index contributed by atoms with van der Waals surface area (Å²) in [6, 6.07) is 8.92. The number of halogens is 2. The Bertz CT molecular complexity index is 806. The zero-order chi connectivity index (χ0) is 19.4. The van der Waals surface area contributed by atoms with E-state index in [9.17, 15) is 9.59 Å². The van der Waals surface area contributed by atoms with Crippen molar-refractivity contribution in [2.45, 2.75) is 34.1 Å². The highest BCUT2D eigenvalue weighted by Gasteiger charge is 2.18. The van der Waals surface area contributed by atoms with Crippen LogP contribution in [-0.4, -0.2) is 18.4 Å². The standard InChI is InChI=1S/C20H22Cl2N2O2/c1-12-7-13(2)20(14(3)8-12)24(15(4)25)6-5-19(26)23-18-10-16(21)9-17(22)11-18/h7-11H,5-6H2,1-4H3,(H,23,26). The van der Waals surface area contributed by atoms with Crippen LogP contribution in [0.2, 0.25) is 10.0 Å². The van der Waals surface area contributed by atoms with Gasteiger partial charge in [-0.3, -0.25) is 9.59 Å². The molecule has 138 valence electrons. The molecule has 0 radical (unpaired) electrons. The Kier molecular flexibility index (Phi) is 6.68. The molecule has 0 atom stereocenters. The van der Waals surface area contributed by atoms with Crippen LogP contribution in [0.4, 0.5) is 11.4 Å². The molecule has 0 fully saturated rings. The quantitative estimate of drug-likeness (QED) is 0.749. The zero-order valence-electron chi connectivity index (χ0n) is 15.3. The Hall–Kier alpha value is -2.04. The molecule has 1 N–H and O–H groups in total. The second kappa shape index (κ2) is 8.56. The van der Waals surface area contributed by atoms with E-state index in [4.69, 9.17) is 23.2 Å². The lowest BCUT2D eigenvalue weighted by atomic mass is 10.0. The van der Waals surface area contributed by atoms with Gasteiger partial charge in [0.05, 0.1) is 0 Å². The Labute approximate surface area is 164 Å². The number of nitrogens with one attached hydrogen (secondary N) is 1. The number of benzene rings is 2. The average molecular weight is 393 g/mol. The molecule has 0 unspecified atom stereocenters. The van der Waals surface area contributed by atoms with Gasteiger partial charge in [-0.05, 0) is 50.1 Å². The largest absolute Gasteiger partial charge is 0.326 e. The van der Waals surface area contributed by atoms with E-state index >= 15 is 0 Å². The van der Waals surface area contributed by atoms with E-state index in [1.807, 2.05) is 32.9 Å². The Morgan fingerprint density at radius 2 is 1.50 bits per heavy atom. The van der Waals surface area contributed by atoms with E-state index in [2.05, 4.69) is 5.32 Å². The van der Waals surface area contributed by atoms with Crippen LogP contribution in [0.1, 0.15) is 30.0 Å². The average Bonchev–Trinajstić information content (AvgIpc) is 2.48. The van der Waals surface area contributed by atoms with Crippen molar-refractivity contribution >= 4 is 46.4 Å². The SMILES string of the molecule is CC(=O)N(CCC(=O)Nc1cc(Cl)cc(Cl)c1)c1c(C)cc(C)cc1C. The van der Waals surface area contributed by atoms with Gasteiger partial charge in [0.25, 0.3) is 0 Å². The Morgan fingerprint density at radius 1 is 0.962 bits per heavy atom. The number of amides is 2. The summed E-state index contributed by atoms with van der Waals surface area (Å²) in [5.74, 6) is -0.310. The molecule has 6 heteroatoms. The first-order valence-electron chi connectivity index (χ1n) is 8.29. The van der Waals surface area contributed by atoms with Crippen molar-refractivity contribution in [3.8, 4) is 0 Å². The molecule has 0 aliphatic heterocycles. The van der Waals surface area contributed by atoms with Gasteiger partial charge in [0.1, 0.15) is 0 Å². The molecule has 0 saturated heterocycles. The molecular weight excluding hydrogens is 371 g/mol. The molecule has 0 saturated carbocycles. The van der Waals surface area contributed by atoms with Crippen LogP contribution < -0.4 is 10.2 Å². The molecule has 26 heavy (non-hydrogen) atoms. The van der Waals surface area contributed by atoms with Gasteiger partial charge in [-0.15, -0.1) is 0 Å². The fraction of sp³-hybridized carbons (Fsp3) is 0.300. The van der Waals surface area contributed by atoms with Crippen LogP contribution in [0.5, 0.6) is 0 Å². The minimum atomic E-state index is -0.211. The predicted octanol–water partition coefficient (Wildman–Crippen LogP) is 5.30. The first-order valence-corrected chi connectivity index (χ1v) is 9.05. The van der Waals surface area contributed by atoms with Crippen LogP contribution in [-0.2, 0) is 9.59 Å². The fourth-order valence-electron chi connectivity index (χ4n) is 3.09. The van der Waals surface area contributed by atoms with Crippen molar-refractivity contribution in [3.63, 3.8) is 0 Å². The summed E-state index contributed by atoms with van der Waals surface area (Å²) in [7, 11) is 0. The molecule has 0 aliphatic rings. The molecule has 0 spiro atoms. The molecule has 0 bridgehead atoms. The van der Waals surface area contributed by atoms with Crippen LogP contribution in [0.25, 0.3) is 0 Å². The molecule has 2 aromatic rings. The molecule has 2 rings (SSSR count). The second-order valence-electron chi connectivity index (χ2n) is 6.37. The maximum atomic E-state index is 12.3. The van der Waals surface area contributed by atoms with Crippen molar-refractivity contribution in [3.05, 3.63) is 57.1 Å². The number of aryl methyl sites for hydroxylation is 3. The minimum absolute atomic E-state index is 0.0985. The van der Waals surface area contributed by atoms with E-state index in [0.29, 0.717) is 22.3 Å². The molecule has 0 aliphatic carbocycles. The number of carbonyl (C=O) groups is 2. The normalized spacial score (nSPS) is 10.5. The Balaban J connectivity index is 2.12. The van der Waals surface area contributed by atoms with Crippen LogP contribution in [0.15, 0.2) is 30.3 Å². The second-order valence-corrected chi connectivity index (χ2v) is 7.25. The van der Waals surface area contributed by atoms with Crippen molar-refractivity contribution in [2.24, 2.45) is 0 Å². The summed E-state index contributed by atoms with van der Waals surface area (Å²) in [4.78, 5) is 26.1. The molecule has 2 aromatic carbocycles. The van der Waals surface area contributed by atoms with Gasteiger partial charge in [0.2, 0.25) is 11.8 Å². The first kappa shape index (κ1) is 20.3. The third-order valence-corrected chi connectivity index (χ3v) is 4.43. The van der Waals surface area contributed by atoms with E-state index in [1.54, 1.807) is 23.1 Å². The van der Waals surface area contributed by atoms with Gasteiger partial charge in [-0.2, -0.15) is 0 Å². The summed E-state index contributed by atoms with van der Waals surface area (Å²) < 4.78 is 0. The zero-order valence-corrected chi connectivity index (χ0v) is 16.8. The summed E-state index contributed by atoms with van der Waals surface area (Å²) in [6.07, 6.45) is 0.163. The van der Waals surface area contributed by atoms with E-state index in [-0.39, 0.29) is 18.2 Å². The third-order valence-electron chi connectivity index (χ3n) is 3.99. The van der Waals surface area contributed by atoms with Crippen LogP contribution >= 0.6 is 23.2 Å². The summed E-state index contributed by atoms with van der Waals surface area (Å²) in [5, 5.41) is 3.66. The van der Waals surface area contributed by atoms with Crippen molar-refractivity contribution in [1.82, 2.24) is 0 Å². The molecular formula is C20H22Cl2N2O2. The highest BCUT2D eigenvalue weighted by atomic mass is 35.5. The fourth-order valence-corrected chi connectivity index (χ4v) is 3.61. The highest BCUT2D eigenvalue weighted by Crippen LogP contribution is 2.27. The van der Waals surface area contributed by atoms with Crippen LogP contribution in [0.3, 0.4) is 0 Å². The maximum Gasteiger partial charge on any atom is 0.226 e. The van der Waals surface area contributed by atoms with Gasteiger partial charge >= 0.3 is 0 Å². The topological polar surface area (TPSA) is 49.4 Å². The van der Waals surface area contributed by atoms with Gasteiger partial charge in [-0.1, -0.05) is 40.9 Å². The van der Waals surface area contributed by atoms with E-state index < -0.39 is 0 Å². The van der Waals surface area contributed by atoms with Gasteiger partial charge in [0, 0.05) is 41.3 Å². The van der Waals surface area contributed by atoms with Crippen molar-refractivity contribution in [1.29, 1.82) is 0 Å². The lowest BCUT2D eigenvalue weighted by molar-refractivity contribution is -0.117. The highest BCUT2D eigenvalue weighted by molar-refractivity contribution is 6.35. The number of rotatable bonds is 5. The van der Waals surface area contributed by atoms with E-state index in [0.717, 1.165) is 22.4 Å². The number of carbonyl (C=O) groups excluding carboxylic acids is 2. The summed E-state index contributed by atoms with van der Waals surface area (Å²) in [6.45, 7) is 7.76. The Morgan fingerprint density at radius 3 is 2.00 bits per heavy atom. The lowest BCUT2D eigenvalue weighted by Crippen LogP contribution is -2.33. The van der Waals surface area contributed by atoms with E-state index in [1.165, 1.54) is 6.92 Å². The predicted molar refractivity (Wildman–Crippen MR) is 108 cm³/mol. The third kappa shape index (κ3) is 5.23. The van der Waals surface area contributed by atoms with Gasteiger partial charge < -0.3 is 10.2 Å². The molecule has 0 heterocycles. The molecule has 2 amide bonds. The van der Waals surface area contributed by atoms with Crippen molar-refractivity contribution in [2.75, 3.05) is 16.8 Å². The summed E-state index contributed by atoms with van der Waals surface area (Å²) in [5.41, 5.74) is 4.56. The first-order chi connectivity index (χ1) is 12.2. The molecule has 4 nitrogen and oxygen atoms in total. The number of nitrogens with zero attached hydrogens (tertiary/aromatic N) is 1.